The van der Waals surface area contributed by atoms with Crippen molar-refractivity contribution in [3.63, 3.8) is 0 Å². The van der Waals surface area contributed by atoms with Crippen LogP contribution in [0, 0.1) is 12.3 Å². The highest BCUT2D eigenvalue weighted by atomic mass is 32.1. The Morgan fingerprint density at radius 2 is 2.56 bits per heavy atom. The molecule has 2 atom stereocenters. The van der Waals surface area contributed by atoms with Gasteiger partial charge in [-0.15, -0.1) is 11.3 Å². The molecule has 1 aromatic rings. The average molecular weight is 241 g/mol. The summed E-state index contributed by atoms with van der Waals surface area (Å²) in [4.78, 5) is 4.41. The molecule has 1 saturated heterocycles. The largest absolute Gasteiger partial charge is 0.379 e. The maximum Gasteiger partial charge on any atom is 0.0897 e. The maximum absolute atomic E-state index is 6.02. The lowest BCUT2D eigenvalue weighted by Crippen LogP contribution is -2.45. The molecule has 4 nitrogen and oxygen atoms in total. The number of aromatic nitrogens is 1. The summed E-state index contributed by atoms with van der Waals surface area (Å²) in [7, 11) is 0. The molecular weight excluding hydrogens is 222 g/mol. The van der Waals surface area contributed by atoms with Crippen LogP contribution in [0.1, 0.15) is 17.6 Å². The molecule has 0 aliphatic carbocycles. The number of nitrogens with two attached hydrogens (primary N) is 1. The van der Waals surface area contributed by atoms with E-state index < -0.39 is 0 Å². The molecule has 0 amide bonds. The summed E-state index contributed by atoms with van der Waals surface area (Å²) < 4.78 is 5.40. The van der Waals surface area contributed by atoms with Crippen molar-refractivity contribution in [2.24, 2.45) is 11.1 Å². The van der Waals surface area contributed by atoms with Crippen molar-refractivity contribution in [3.8, 4) is 0 Å². The number of nitrogens with zero attached hydrogens (tertiary/aromatic N) is 1. The molecule has 0 spiro atoms. The number of ether oxygens (including phenoxy) is 1. The van der Waals surface area contributed by atoms with Crippen LogP contribution in [-0.2, 0) is 11.3 Å². The minimum absolute atomic E-state index is 0.0606. The number of nitrogens with one attached hydrogen (secondary N) is 1. The van der Waals surface area contributed by atoms with E-state index in [0.717, 1.165) is 30.4 Å². The van der Waals surface area contributed by atoms with Gasteiger partial charge in [-0.25, -0.2) is 4.98 Å². The maximum atomic E-state index is 6.02. The topological polar surface area (TPSA) is 60.2 Å². The normalized spacial score (nSPS) is 29.8. The predicted molar refractivity (Wildman–Crippen MR) is 65.5 cm³/mol. The zero-order valence-corrected chi connectivity index (χ0v) is 10.6. The van der Waals surface area contributed by atoms with Gasteiger partial charge in [0, 0.05) is 29.9 Å². The molecule has 0 bridgehead atoms. The molecule has 2 heterocycles. The third kappa shape index (κ3) is 2.60. The molecule has 1 aliphatic heterocycles. The number of aryl methyl sites for hydroxylation is 1. The monoisotopic (exact) mass is 241 g/mol. The Morgan fingerprint density at radius 1 is 1.75 bits per heavy atom. The van der Waals surface area contributed by atoms with Gasteiger partial charge in [-0.3, -0.25) is 0 Å². The summed E-state index contributed by atoms with van der Waals surface area (Å²) in [5.74, 6) is 0. The lowest BCUT2D eigenvalue weighted by Gasteiger charge is -2.26. The first-order valence-electron chi connectivity index (χ1n) is 5.55. The SMILES string of the molecule is Cc1nc(CNCC2(C)COCC2N)cs1. The predicted octanol–water partition coefficient (Wildman–Crippen LogP) is 0.905. The van der Waals surface area contributed by atoms with Crippen LogP contribution < -0.4 is 11.1 Å². The lowest BCUT2D eigenvalue weighted by atomic mass is 9.86. The van der Waals surface area contributed by atoms with Crippen LogP contribution in [0.5, 0.6) is 0 Å². The fourth-order valence-electron chi connectivity index (χ4n) is 1.87. The first kappa shape index (κ1) is 12.0. The highest BCUT2D eigenvalue weighted by Crippen LogP contribution is 2.25. The highest BCUT2D eigenvalue weighted by molar-refractivity contribution is 7.09. The first-order chi connectivity index (χ1) is 7.60. The minimum Gasteiger partial charge on any atom is -0.379 e. The fraction of sp³-hybridized carbons (Fsp3) is 0.727. The van der Waals surface area contributed by atoms with E-state index in [1.54, 1.807) is 11.3 Å². The van der Waals surface area contributed by atoms with Crippen molar-refractivity contribution in [2.45, 2.75) is 26.4 Å². The summed E-state index contributed by atoms with van der Waals surface area (Å²) in [5.41, 5.74) is 7.19. The Kier molecular flexibility index (Phi) is 3.59. The average Bonchev–Trinajstić information content (AvgIpc) is 2.76. The van der Waals surface area contributed by atoms with Gasteiger partial charge in [-0.2, -0.15) is 0 Å². The third-order valence-corrected chi connectivity index (χ3v) is 3.95. The van der Waals surface area contributed by atoms with E-state index >= 15 is 0 Å². The van der Waals surface area contributed by atoms with E-state index in [4.69, 9.17) is 10.5 Å². The van der Waals surface area contributed by atoms with Gasteiger partial charge in [-0.05, 0) is 6.92 Å². The smallest absolute Gasteiger partial charge is 0.0897 e. The minimum atomic E-state index is 0.0606. The second-order valence-electron chi connectivity index (χ2n) is 4.74. The fourth-order valence-corrected chi connectivity index (χ4v) is 2.49. The standard InChI is InChI=1S/C11H19N3OS/c1-8-14-9(5-16-8)3-13-6-11(2)7-15-4-10(11)12/h5,10,13H,3-4,6-7,12H2,1-2H3. The quantitative estimate of drug-likeness (QED) is 0.822. The molecule has 1 fully saturated rings. The third-order valence-electron chi connectivity index (χ3n) is 3.13. The van der Waals surface area contributed by atoms with Crippen LogP contribution >= 0.6 is 11.3 Å². The van der Waals surface area contributed by atoms with Crippen molar-refractivity contribution >= 4 is 11.3 Å². The molecule has 90 valence electrons. The summed E-state index contributed by atoms with van der Waals surface area (Å²) in [6.45, 7) is 7.31. The number of hydrogen-bond donors (Lipinski definition) is 2. The van der Waals surface area contributed by atoms with Crippen LogP contribution in [0.2, 0.25) is 0 Å². The van der Waals surface area contributed by atoms with Gasteiger partial charge in [0.25, 0.3) is 0 Å². The van der Waals surface area contributed by atoms with Crippen molar-refractivity contribution in [2.75, 3.05) is 19.8 Å². The highest BCUT2D eigenvalue weighted by Gasteiger charge is 2.37. The van der Waals surface area contributed by atoms with Crippen molar-refractivity contribution < 1.29 is 4.74 Å². The molecule has 3 N–H and O–H groups in total. The van der Waals surface area contributed by atoms with Crippen LogP contribution in [0.3, 0.4) is 0 Å². The lowest BCUT2D eigenvalue weighted by molar-refractivity contribution is 0.158. The number of rotatable bonds is 4. The Hall–Kier alpha value is -0.490. The summed E-state index contributed by atoms with van der Waals surface area (Å²) in [6.07, 6.45) is 0. The Bertz CT molecular complexity index is 355. The van der Waals surface area contributed by atoms with Crippen molar-refractivity contribution in [1.29, 1.82) is 0 Å². The van der Waals surface area contributed by atoms with Crippen molar-refractivity contribution in [1.82, 2.24) is 10.3 Å². The number of hydrogen-bond acceptors (Lipinski definition) is 5. The zero-order valence-electron chi connectivity index (χ0n) is 9.82. The number of thiazole rings is 1. The van der Waals surface area contributed by atoms with Crippen LogP contribution in [0.25, 0.3) is 0 Å². The van der Waals surface area contributed by atoms with Crippen molar-refractivity contribution in [3.05, 3.63) is 16.1 Å². The van der Waals surface area contributed by atoms with Gasteiger partial charge in [0.15, 0.2) is 0 Å². The second-order valence-corrected chi connectivity index (χ2v) is 5.80. The molecule has 2 rings (SSSR count). The van der Waals surface area contributed by atoms with Gasteiger partial charge < -0.3 is 15.8 Å². The molecule has 0 saturated carbocycles. The van der Waals surface area contributed by atoms with E-state index in [0.29, 0.717) is 6.61 Å². The summed E-state index contributed by atoms with van der Waals surface area (Å²) in [5, 5.41) is 6.62. The Morgan fingerprint density at radius 3 is 3.12 bits per heavy atom. The molecule has 0 radical (unpaired) electrons. The molecule has 5 heteroatoms. The van der Waals surface area contributed by atoms with Gasteiger partial charge >= 0.3 is 0 Å². The van der Waals surface area contributed by atoms with E-state index in [2.05, 4.69) is 22.6 Å². The van der Waals surface area contributed by atoms with Crippen LogP contribution in [0.4, 0.5) is 0 Å². The van der Waals surface area contributed by atoms with Gasteiger partial charge in [0.05, 0.1) is 23.9 Å². The Balaban J connectivity index is 1.79. The van der Waals surface area contributed by atoms with E-state index in [-0.39, 0.29) is 11.5 Å². The van der Waals surface area contributed by atoms with E-state index in [1.807, 2.05) is 6.92 Å². The zero-order chi connectivity index (χ0) is 11.6. The van der Waals surface area contributed by atoms with Gasteiger partial charge in [-0.1, -0.05) is 6.92 Å². The van der Waals surface area contributed by atoms with Gasteiger partial charge in [0.1, 0.15) is 0 Å². The molecule has 2 unspecified atom stereocenters. The molecular formula is C11H19N3OS. The Labute approximate surface area is 100 Å². The molecule has 1 aliphatic rings. The summed E-state index contributed by atoms with van der Waals surface area (Å²) >= 11 is 1.69. The molecule has 16 heavy (non-hydrogen) atoms. The first-order valence-corrected chi connectivity index (χ1v) is 6.43. The van der Waals surface area contributed by atoms with Crippen LogP contribution in [-0.4, -0.2) is 30.8 Å². The molecule has 0 aromatic carbocycles. The van der Waals surface area contributed by atoms with Gasteiger partial charge in [0.2, 0.25) is 0 Å². The van der Waals surface area contributed by atoms with Crippen LogP contribution in [0.15, 0.2) is 5.38 Å². The van der Waals surface area contributed by atoms with E-state index in [1.165, 1.54) is 0 Å². The second kappa shape index (κ2) is 4.79. The summed E-state index contributed by atoms with van der Waals surface area (Å²) in [6, 6.07) is 0.136. The van der Waals surface area contributed by atoms with E-state index in [9.17, 15) is 0 Å². The molecule has 1 aromatic heterocycles.